The number of amides is 1. The zero-order valence-electron chi connectivity index (χ0n) is 8.14. The summed E-state index contributed by atoms with van der Waals surface area (Å²) in [7, 11) is 0. The number of carbonyl (C=O) groups is 1. The molecule has 2 rings (SSSR count). The summed E-state index contributed by atoms with van der Waals surface area (Å²) < 4.78 is 5.02. The normalized spacial score (nSPS) is 34.7. The Morgan fingerprint density at radius 2 is 2.23 bits per heavy atom. The first kappa shape index (κ1) is 8.85. The van der Waals surface area contributed by atoms with Crippen LogP contribution in [-0.2, 0) is 4.74 Å². The first-order chi connectivity index (χ1) is 6.27. The van der Waals surface area contributed by atoms with Gasteiger partial charge in [-0.05, 0) is 25.2 Å². The Kier molecular flexibility index (Phi) is 2.18. The fourth-order valence-electron chi connectivity index (χ4n) is 2.65. The molecule has 0 aromatic rings. The van der Waals surface area contributed by atoms with Crippen LogP contribution in [0.25, 0.3) is 0 Å². The first-order valence-electron chi connectivity index (χ1n) is 5.22. The van der Waals surface area contributed by atoms with Gasteiger partial charge in [0.05, 0.1) is 5.54 Å². The van der Waals surface area contributed by atoms with Crippen molar-refractivity contribution in [3.8, 4) is 0 Å². The van der Waals surface area contributed by atoms with Crippen LogP contribution in [0.4, 0.5) is 4.79 Å². The largest absolute Gasteiger partial charge is 0.447 e. The molecule has 74 valence electrons. The van der Waals surface area contributed by atoms with Gasteiger partial charge in [-0.25, -0.2) is 4.79 Å². The average Bonchev–Trinajstić information content (AvgIpc) is 2.73. The van der Waals surface area contributed by atoms with E-state index >= 15 is 0 Å². The van der Waals surface area contributed by atoms with E-state index in [-0.39, 0.29) is 11.6 Å². The van der Waals surface area contributed by atoms with E-state index in [0.717, 1.165) is 6.42 Å². The zero-order valence-corrected chi connectivity index (χ0v) is 8.14. The third-order valence-corrected chi connectivity index (χ3v) is 3.58. The number of hydrogen-bond donors (Lipinski definition) is 1. The number of alkyl carbamates (subject to hydrolysis) is 1. The molecule has 3 heteroatoms. The highest BCUT2D eigenvalue weighted by molar-refractivity contribution is 5.70. The van der Waals surface area contributed by atoms with Gasteiger partial charge in [-0.3, -0.25) is 0 Å². The van der Waals surface area contributed by atoms with E-state index in [2.05, 4.69) is 12.2 Å². The predicted octanol–water partition coefficient (Wildman–Crippen LogP) is 2.07. The molecule has 1 aliphatic carbocycles. The monoisotopic (exact) mass is 183 g/mol. The van der Waals surface area contributed by atoms with Gasteiger partial charge in [0.25, 0.3) is 0 Å². The van der Waals surface area contributed by atoms with E-state index in [1.165, 1.54) is 25.7 Å². The summed E-state index contributed by atoms with van der Waals surface area (Å²) in [6.45, 7) is 2.71. The van der Waals surface area contributed by atoms with Gasteiger partial charge in [0, 0.05) is 0 Å². The number of hydrogen-bond acceptors (Lipinski definition) is 2. The Bertz CT molecular complexity index is 211. The Labute approximate surface area is 78.8 Å². The summed E-state index contributed by atoms with van der Waals surface area (Å²) in [5, 5.41) is 3.00. The Balaban J connectivity index is 2.10. The Morgan fingerprint density at radius 1 is 1.54 bits per heavy atom. The van der Waals surface area contributed by atoms with Crippen molar-refractivity contribution in [3.63, 3.8) is 0 Å². The number of cyclic esters (lactones) is 1. The Morgan fingerprint density at radius 3 is 2.69 bits per heavy atom. The molecule has 1 N–H and O–H groups in total. The number of ether oxygens (including phenoxy) is 1. The van der Waals surface area contributed by atoms with Crippen LogP contribution in [0.3, 0.4) is 0 Å². The molecule has 1 heterocycles. The second kappa shape index (κ2) is 3.20. The van der Waals surface area contributed by atoms with Gasteiger partial charge >= 0.3 is 6.09 Å². The van der Waals surface area contributed by atoms with Gasteiger partial charge in [-0.15, -0.1) is 0 Å². The summed E-state index contributed by atoms with van der Waals surface area (Å²) >= 11 is 0. The quantitative estimate of drug-likeness (QED) is 0.711. The van der Waals surface area contributed by atoms with E-state index in [9.17, 15) is 4.79 Å². The van der Waals surface area contributed by atoms with Crippen molar-refractivity contribution >= 4 is 6.09 Å². The minimum Gasteiger partial charge on any atom is -0.447 e. The summed E-state index contributed by atoms with van der Waals surface area (Å²) in [5.41, 5.74) is -0.0341. The fraction of sp³-hybridized carbons (Fsp3) is 0.900. The van der Waals surface area contributed by atoms with Crippen LogP contribution in [0, 0.1) is 5.92 Å². The average molecular weight is 183 g/mol. The molecule has 1 atom stereocenters. The minimum absolute atomic E-state index is 0.0341. The third kappa shape index (κ3) is 1.40. The topological polar surface area (TPSA) is 38.3 Å². The summed E-state index contributed by atoms with van der Waals surface area (Å²) in [5.74, 6) is 0.643. The van der Waals surface area contributed by atoms with Crippen LogP contribution < -0.4 is 5.32 Å². The molecule has 1 aliphatic heterocycles. The van der Waals surface area contributed by atoms with Crippen LogP contribution in [0.1, 0.15) is 39.0 Å². The van der Waals surface area contributed by atoms with Crippen LogP contribution in [0.2, 0.25) is 0 Å². The number of nitrogens with one attached hydrogen (secondary N) is 1. The van der Waals surface area contributed by atoms with E-state index in [4.69, 9.17) is 4.74 Å². The van der Waals surface area contributed by atoms with Gasteiger partial charge in [0.15, 0.2) is 0 Å². The van der Waals surface area contributed by atoms with Gasteiger partial charge in [-0.2, -0.15) is 0 Å². The lowest BCUT2D eigenvalue weighted by Gasteiger charge is -2.31. The second-order valence-electron chi connectivity index (χ2n) is 4.19. The molecule has 3 nitrogen and oxygen atoms in total. The van der Waals surface area contributed by atoms with E-state index < -0.39 is 0 Å². The van der Waals surface area contributed by atoms with Crippen molar-refractivity contribution in [3.05, 3.63) is 0 Å². The lowest BCUT2D eigenvalue weighted by Crippen LogP contribution is -2.48. The highest BCUT2D eigenvalue weighted by atomic mass is 16.6. The summed E-state index contributed by atoms with van der Waals surface area (Å²) in [6, 6.07) is 0. The van der Waals surface area contributed by atoms with Crippen molar-refractivity contribution in [2.45, 2.75) is 44.6 Å². The van der Waals surface area contributed by atoms with Crippen LogP contribution in [0.5, 0.6) is 0 Å². The first-order valence-corrected chi connectivity index (χ1v) is 5.22. The zero-order chi connectivity index (χ0) is 9.31. The lowest BCUT2D eigenvalue weighted by atomic mass is 9.81. The molecule has 0 radical (unpaired) electrons. The van der Waals surface area contributed by atoms with Crippen molar-refractivity contribution in [2.75, 3.05) is 6.61 Å². The summed E-state index contributed by atoms with van der Waals surface area (Å²) in [6.07, 6.45) is 5.87. The molecule has 1 saturated heterocycles. The minimum atomic E-state index is -0.228. The van der Waals surface area contributed by atoms with Crippen LogP contribution in [-0.4, -0.2) is 18.2 Å². The molecule has 2 fully saturated rings. The third-order valence-electron chi connectivity index (χ3n) is 3.58. The van der Waals surface area contributed by atoms with Gasteiger partial charge in [-0.1, -0.05) is 19.8 Å². The fourth-order valence-corrected chi connectivity index (χ4v) is 2.65. The molecule has 0 spiro atoms. The molecule has 0 aromatic carbocycles. The molecular weight excluding hydrogens is 166 g/mol. The van der Waals surface area contributed by atoms with Gasteiger partial charge in [0.1, 0.15) is 6.61 Å². The highest BCUT2D eigenvalue weighted by Crippen LogP contribution is 2.38. The second-order valence-corrected chi connectivity index (χ2v) is 4.19. The van der Waals surface area contributed by atoms with Crippen LogP contribution in [0.15, 0.2) is 0 Å². The van der Waals surface area contributed by atoms with Crippen LogP contribution >= 0.6 is 0 Å². The SMILES string of the molecule is CCC1(C2CCCC2)COC(=O)N1. The van der Waals surface area contributed by atoms with Gasteiger partial charge < -0.3 is 10.1 Å². The Hall–Kier alpha value is -0.730. The van der Waals surface area contributed by atoms with Crippen molar-refractivity contribution in [2.24, 2.45) is 5.92 Å². The van der Waals surface area contributed by atoms with E-state index in [1.54, 1.807) is 0 Å². The number of carbonyl (C=O) groups excluding carboxylic acids is 1. The molecular formula is C10H17NO2. The molecule has 13 heavy (non-hydrogen) atoms. The molecule has 1 amide bonds. The predicted molar refractivity (Wildman–Crippen MR) is 49.5 cm³/mol. The molecule has 0 aromatic heterocycles. The van der Waals surface area contributed by atoms with E-state index in [0.29, 0.717) is 12.5 Å². The molecule has 0 bridgehead atoms. The molecule has 1 unspecified atom stereocenters. The van der Waals surface area contributed by atoms with E-state index in [1.807, 2.05) is 0 Å². The lowest BCUT2D eigenvalue weighted by molar-refractivity contribution is 0.158. The van der Waals surface area contributed by atoms with Crippen molar-refractivity contribution in [1.82, 2.24) is 5.32 Å². The summed E-state index contributed by atoms with van der Waals surface area (Å²) in [4.78, 5) is 11.0. The molecule has 1 saturated carbocycles. The smallest absolute Gasteiger partial charge is 0.407 e. The standard InChI is InChI=1S/C10H17NO2/c1-2-10(7-13-9(12)11-10)8-5-3-4-6-8/h8H,2-7H2,1H3,(H,11,12). The van der Waals surface area contributed by atoms with Crippen molar-refractivity contribution < 1.29 is 9.53 Å². The maximum atomic E-state index is 11.0. The van der Waals surface area contributed by atoms with Gasteiger partial charge in [0.2, 0.25) is 0 Å². The maximum absolute atomic E-state index is 11.0. The van der Waals surface area contributed by atoms with Crippen molar-refractivity contribution in [1.29, 1.82) is 0 Å². The maximum Gasteiger partial charge on any atom is 0.407 e. The molecule has 2 aliphatic rings. The number of rotatable bonds is 2. The highest BCUT2D eigenvalue weighted by Gasteiger charge is 2.45.